The number of aromatic nitrogens is 3. The van der Waals surface area contributed by atoms with Crippen molar-refractivity contribution in [2.75, 3.05) is 18.9 Å². The maximum absolute atomic E-state index is 5.90. The van der Waals surface area contributed by atoms with E-state index in [1.807, 2.05) is 10.6 Å². The highest BCUT2D eigenvalue weighted by Gasteiger charge is 2.07. The van der Waals surface area contributed by atoms with E-state index < -0.39 is 0 Å². The van der Waals surface area contributed by atoms with Crippen molar-refractivity contribution in [3.05, 3.63) is 18.5 Å². The molecule has 0 aliphatic heterocycles. The summed E-state index contributed by atoms with van der Waals surface area (Å²) in [5.74, 6) is 1.12. The van der Waals surface area contributed by atoms with Gasteiger partial charge in [0.2, 0.25) is 5.95 Å². The average Bonchev–Trinajstić information content (AvgIpc) is 2.65. The lowest BCUT2D eigenvalue weighted by Gasteiger charge is -2.08. The van der Waals surface area contributed by atoms with Crippen LogP contribution in [0.1, 0.15) is 20.3 Å². The predicted molar refractivity (Wildman–Crippen MR) is 72.2 cm³/mol. The zero-order valence-electron chi connectivity index (χ0n) is 11.0. The third-order valence-electron chi connectivity index (χ3n) is 2.70. The molecule has 0 aliphatic carbocycles. The molecular formula is C13H20N4O. The van der Waals surface area contributed by atoms with Crippen molar-refractivity contribution < 1.29 is 4.74 Å². The summed E-state index contributed by atoms with van der Waals surface area (Å²) in [7, 11) is 0. The van der Waals surface area contributed by atoms with Crippen LogP contribution in [0.15, 0.2) is 18.5 Å². The number of pyridine rings is 1. The lowest BCUT2D eigenvalue weighted by atomic mass is 10.2. The highest BCUT2D eigenvalue weighted by molar-refractivity contribution is 5.76. The third kappa shape index (κ3) is 2.98. The number of aryl methyl sites for hydroxylation is 1. The molecule has 0 spiro atoms. The van der Waals surface area contributed by atoms with E-state index in [9.17, 15) is 0 Å². The minimum absolute atomic E-state index is 0.543. The summed E-state index contributed by atoms with van der Waals surface area (Å²) in [6.07, 6.45) is 4.43. The summed E-state index contributed by atoms with van der Waals surface area (Å²) < 4.78 is 7.57. The van der Waals surface area contributed by atoms with E-state index in [-0.39, 0.29) is 0 Å². The quantitative estimate of drug-likeness (QED) is 0.795. The molecule has 98 valence electrons. The van der Waals surface area contributed by atoms with Gasteiger partial charge in [-0.2, -0.15) is 0 Å². The van der Waals surface area contributed by atoms with Gasteiger partial charge in [0.1, 0.15) is 5.52 Å². The van der Waals surface area contributed by atoms with Crippen LogP contribution in [0, 0.1) is 5.92 Å². The predicted octanol–water partition coefficient (Wildman–Crippen LogP) is 2.08. The standard InChI is InChI=1S/C13H20N4O/c1-10(2)9-18-7-3-6-17-12-4-5-15-8-11(12)16-13(17)14/h4-5,8,10H,3,6-7,9H2,1-2H3,(H2,14,16). The van der Waals surface area contributed by atoms with Crippen molar-refractivity contribution in [2.24, 2.45) is 5.92 Å². The fourth-order valence-corrected chi connectivity index (χ4v) is 1.88. The number of anilines is 1. The average molecular weight is 248 g/mol. The highest BCUT2D eigenvalue weighted by Crippen LogP contribution is 2.16. The first kappa shape index (κ1) is 12.8. The van der Waals surface area contributed by atoms with Gasteiger partial charge in [0.15, 0.2) is 0 Å². The summed E-state index contributed by atoms with van der Waals surface area (Å²) in [5.41, 5.74) is 7.78. The van der Waals surface area contributed by atoms with E-state index in [0.717, 1.165) is 37.2 Å². The van der Waals surface area contributed by atoms with E-state index in [1.165, 1.54) is 0 Å². The molecule has 5 heteroatoms. The number of hydrogen-bond donors (Lipinski definition) is 1. The number of ether oxygens (including phenoxy) is 1. The van der Waals surface area contributed by atoms with E-state index >= 15 is 0 Å². The van der Waals surface area contributed by atoms with Gasteiger partial charge in [0, 0.05) is 26.0 Å². The Labute approximate surface area is 107 Å². The molecule has 0 fully saturated rings. The fraction of sp³-hybridized carbons (Fsp3) is 0.538. The van der Waals surface area contributed by atoms with Crippen molar-refractivity contribution in [2.45, 2.75) is 26.8 Å². The maximum Gasteiger partial charge on any atom is 0.201 e. The molecule has 0 bridgehead atoms. The second kappa shape index (κ2) is 5.82. The van der Waals surface area contributed by atoms with Gasteiger partial charge in [-0.3, -0.25) is 4.98 Å². The molecular weight excluding hydrogens is 228 g/mol. The van der Waals surface area contributed by atoms with Crippen molar-refractivity contribution >= 4 is 17.0 Å². The molecule has 18 heavy (non-hydrogen) atoms. The van der Waals surface area contributed by atoms with Crippen molar-refractivity contribution in [1.82, 2.24) is 14.5 Å². The monoisotopic (exact) mass is 248 g/mol. The van der Waals surface area contributed by atoms with E-state index in [4.69, 9.17) is 10.5 Å². The molecule has 2 aromatic heterocycles. The zero-order chi connectivity index (χ0) is 13.0. The highest BCUT2D eigenvalue weighted by atomic mass is 16.5. The second-order valence-electron chi connectivity index (χ2n) is 4.81. The van der Waals surface area contributed by atoms with E-state index in [0.29, 0.717) is 11.9 Å². The van der Waals surface area contributed by atoms with Crippen LogP contribution in [0.4, 0.5) is 5.95 Å². The van der Waals surface area contributed by atoms with Crippen LogP contribution >= 0.6 is 0 Å². The third-order valence-corrected chi connectivity index (χ3v) is 2.70. The number of fused-ring (bicyclic) bond motifs is 1. The van der Waals surface area contributed by atoms with Gasteiger partial charge in [-0.1, -0.05) is 13.8 Å². The summed E-state index contributed by atoms with van der Waals surface area (Å²) in [6, 6.07) is 1.94. The first-order valence-electron chi connectivity index (χ1n) is 6.32. The van der Waals surface area contributed by atoms with Gasteiger partial charge >= 0.3 is 0 Å². The largest absolute Gasteiger partial charge is 0.381 e. The lowest BCUT2D eigenvalue weighted by Crippen LogP contribution is -2.08. The first-order valence-corrected chi connectivity index (χ1v) is 6.32. The minimum atomic E-state index is 0.543. The van der Waals surface area contributed by atoms with Crippen LogP contribution in [0.25, 0.3) is 11.0 Å². The Balaban J connectivity index is 1.93. The van der Waals surface area contributed by atoms with Gasteiger partial charge in [0.25, 0.3) is 0 Å². The number of hydrogen-bond acceptors (Lipinski definition) is 4. The number of imidazole rings is 1. The minimum Gasteiger partial charge on any atom is -0.381 e. The molecule has 0 atom stereocenters. The van der Waals surface area contributed by atoms with Crippen molar-refractivity contribution in [3.8, 4) is 0 Å². The molecule has 5 nitrogen and oxygen atoms in total. The maximum atomic E-state index is 5.90. The first-order chi connectivity index (χ1) is 8.68. The van der Waals surface area contributed by atoms with E-state index in [2.05, 4.69) is 23.8 Å². The Morgan fingerprint density at radius 2 is 2.28 bits per heavy atom. The summed E-state index contributed by atoms with van der Waals surface area (Å²) in [6.45, 7) is 6.68. The van der Waals surface area contributed by atoms with Crippen LogP contribution in [-0.4, -0.2) is 27.7 Å². The Bertz CT molecular complexity index is 507. The Morgan fingerprint density at radius 1 is 1.44 bits per heavy atom. The Hall–Kier alpha value is -1.62. The van der Waals surface area contributed by atoms with Gasteiger partial charge in [-0.25, -0.2) is 4.98 Å². The van der Waals surface area contributed by atoms with Crippen molar-refractivity contribution in [3.63, 3.8) is 0 Å². The van der Waals surface area contributed by atoms with Crippen LogP contribution < -0.4 is 5.73 Å². The summed E-state index contributed by atoms with van der Waals surface area (Å²) >= 11 is 0. The normalized spacial score (nSPS) is 11.5. The molecule has 0 aromatic carbocycles. The van der Waals surface area contributed by atoms with Crippen LogP contribution in [0.3, 0.4) is 0 Å². The topological polar surface area (TPSA) is 66.0 Å². The second-order valence-corrected chi connectivity index (χ2v) is 4.81. The zero-order valence-corrected chi connectivity index (χ0v) is 11.0. The molecule has 2 aromatic rings. The van der Waals surface area contributed by atoms with Crippen LogP contribution in [0.5, 0.6) is 0 Å². The molecule has 0 saturated carbocycles. The molecule has 0 unspecified atom stereocenters. The molecule has 0 radical (unpaired) electrons. The SMILES string of the molecule is CC(C)COCCCn1c(N)nc2cnccc21. The lowest BCUT2D eigenvalue weighted by molar-refractivity contribution is 0.105. The molecule has 0 saturated heterocycles. The molecule has 2 rings (SSSR count). The van der Waals surface area contributed by atoms with E-state index in [1.54, 1.807) is 12.4 Å². The number of nitrogens with two attached hydrogens (primary N) is 1. The van der Waals surface area contributed by atoms with Crippen molar-refractivity contribution in [1.29, 1.82) is 0 Å². The Kier molecular flexibility index (Phi) is 4.15. The number of rotatable bonds is 6. The number of nitrogen functional groups attached to an aromatic ring is 1. The fourth-order valence-electron chi connectivity index (χ4n) is 1.88. The molecule has 0 aliphatic rings. The summed E-state index contributed by atoms with van der Waals surface area (Å²) in [5, 5.41) is 0. The number of nitrogens with zero attached hydrogens (tertiary/aromatic N) is 3. The Morgan fingerprint density at radius 3 is 3.06 bits per heavy atom. The van der Waals surface area contributed by atoms with Crippen LogP contribution in [0.2, 0.25) is 0 Å². The van der Waals surface area contributed by atoms with Gasteiger partial charge < -0.3 is 15.0 Å². The van der Waals surface area contributed by atoms with Gasteiger partial charge in [0.05, 0.1) is 11.7 Å². The molecule has 0 amide bonds. The summed E-state index contributed by atoms with van der Waals surface area (Å²) in [4.78, 5) is 8.32. The van der Waals surface area contributed by atoms with Crippen LogP contribution in [-0.2, 0) is 11.3 Å². The van der Waals surface area contributed by atoms with Gasteiger partial charge in [-0.05, 0) is 18.4 Å². The molecule has 2 heterocycles. The smallest absolute Gasteiger partial charge is 0.201 e. The molecule has 2 N–H and O–H groups in total. The van der Waals surface area contributed by atoms with Gasteiger partial charge in [-0.15, -0.1) is 0 Å².